The lowest BCUT2D eigenvalue weighted by molar-refractivity contribution is 0.942. The third-order valence-electron chi connectivity index (χ3n) is 1.40. The molecule has 0 unspecified atom stereocenters. The monoisotopic (exact) mass is 277 g/mol. The van der Waals surface area contributed by atoms with E-state index in [9.17, 15) is 0 Å². The van der Waals surface area contributed by atoms with Crippen molar-refractivity contribution in [3.63, 3.8) is 0 Å². The second-order valence-corrected chi connectivity index (χ2v) is 3.83. The van der Waals surface area contributed by atoms with Gasteiger partial charge in [-0.15, -0.1) is 24.8 Å². The summed E-state index contributed by atoms with van der Waals surface area (Å²) in [6.07, 6.45) is 2.66. The number of rotatable bonds is 5. The van der Waals surface area contributed by atoms with Crippen molar-refractivity contribution in [1.29, 1.82) is 0 Å². The largest absolute Gasteiger partial charge is 0.347 e. The summed E-state index contributed by atoms with van der Waals surface area (Å²) in [7, 11) is 0. The fourth-order valence-corrected chi connectivity index (χ4v) is 1.95. The molecular formula is C7H14Cl3N3S. The smallest absolute Gasteiger partial charge is 0.150 e. The van der Waals surface area contributed by atoms with E-state index in [1.165, 1.54) is 0 Å². The molecule has 84 valence electrons. The normalized spacial score (nSPS) is 9.00. The van der Waals surface area contributed by atoms with Crippen molar-refractivity contribution in [2.45, 2.75) is 12.2 Å². The van der Waals surface area contributed by atoms with Crippen LogP contribution in [-0.4, -0.2) is 22.3 Å². The first-order valence-electron chi connectivity index (χ1n) is 3.80. The van der Waals surface area contributed by atoms with Gasteiger partial charge >= 0.3 is 0 Å². The van der Waals surface area contributed by atoms with E-state index in [0.29, 0.717) is 5.15 Å². The number of aromatic amines is 1. The van der Waals surface area contributed by atoms with Crippen LogP contribution in [0.1, 0.15) is 12.1 Å². The molecule has 0 saturated heterocycles. The molecule has 3 nitrogen and oxygen atoms in total. The lowest BCUT2D eigenvalue weighted by Crippen LogP contribution is -1.99. The van der Waals surface area contributed by atoms with Crippen LogP contribution >= 0.6 is 48.2 Å². The molecule has 1 aromatic heterocycles. The molecule has 0 amide bonds. The fraction of sp³-hybridized carbons (Fsp3) is 0.571. The van der Waals surface area contributed by atoms with E-state index in [0.717, 1.165) is 30.2 Å². The number of H-pyrrole nitrogens is 1. The highest BCUT2D eigenvalue weighted by molar-refractivity contribution is 7.98. The van der Waals surface area contributed by atoms with Gasteiger partial charge in [0, 0.05) is 5.75 Å². The summed E-state index contributed by atoms with van der Waals surface area (Å²) >= 11 is 7.59. The second kappa shape index (κ2) is 9.93. The first-order valence-corrected chi connectivity index (χ1v) is 5.33. The molecule has 14 heavy (non-hydrogen) atoms. The third kappa shape index (κ3) is 5.98. The van der Waals surface area contributed by atoms with Crippen molar-refractivity contribution in [3.05, 3.63) is 17.2 Å². The highest BCUT2D eigenvalue weighted by atomic mass is 35.5. The van der Waals surface area contributed by atoms with Gasteiger partial charge in [-0.3, -0.25) is 0 Å². The van der Waals surface area contributed by atoms with E-state index >= 15 is 0 Å². The number of nitrogens with two attached hydrogens (primary N) is 1. The maximum absolute atomic E-state index is 5.77. The van der Waals surface area contributed by atoms with Crippen LogP contribution in [-0.2, 0) is 5.75 Å². The zero-order valence-electron chi connectivity index (χ0n) is 7.53. The lowest BCUT2D eigenvalue weighted by Gasteiger charge is -1.97. The molecule has 1 aromatic rings. The Morgan fingerprint density at radius 1 is 1.50 bits per heavy atom. The van der Waals surface area contributed by atoms with Crippen molar-refractivity contribution in [3.8, 4) is 0 Å². The summed E-state index contributed by atoms with van der Waals surface area (Å²) in [6, 6.07) is 0. The van der Waals surface area contributed by atoms with E-state index in [-0.39, 0.29) is 24.8 Å². The Labute approximate surface area is 105 Å². The molecule has 1 rings (SSSR count). The molecule has 0 aliphatic heterocycles. The van der Waals surface area contributed by atoms with Crippen LogP contribution in [0.4, 0.5) is 0 Å². The van der Waals surface area contributed by atoms with E-state index in [4.69, 9.17) is 17.3 Å². The summed E-state index contributed by atoms with van der Waals surface area (Å²) in [6.45, 7) is 0.754. The van der Waals surface area contributed by atoms with Gasteiger partial charge in [0.05, 0.1) is 12.0 Å². The van der Waals surface area contributed by atoms with Crippen LogP contribution in [0.5, 0.6) is 0 Å². The van der Waals surface area contributed by atoms with Crippen molar-refractivity contribution in [1.82, 2.24) is 9.97 Å². The minimum absolute atomic E-state index is 0. The van der Waals surface area contributed by atoms with Crippen LogP contribution in [0.25, 0.3) is 0 Å². The summed E-state index contributed by atoms with van der Waals surface area (Å²) in [5, 5.41) is 0.579. The lowest BCUT2D eigenvalue weighted by atomic mass is 10.5. The number of hydrogen-bond donors (Lipinski definition) is 2. The molecule has 0 saturated carbocycles. The first-order chi connectivity index (χ1) is 5.84. The molecule has 0 radical (unpaired) electrons. The molecule has 0 aromatic carbocycles. The van der Waals surface area contributed by atoms with Gasteiger partial charge in [0.25, 0.3) is 0 Å². The Morgan fingerprint density at radius 2 is 2.21 bits per heavy atom. The second-order valence-electron chi connectivity index (χ2n) is 2.37. The highest BCUT2D eigenvalue weighted by Crippen LogP contribution is 2.16. The zero-order valence-corrected chi connectivity index (χ0v) is 10.7. The molecule has 7 heteroatoms. The summed E-state index contributed by atoms with van der Waals surface area (Å²) in [5.41, 5.74) is 6.36. The number of halogens is 3. The molecule has 0 fully saturated rings. The first kappa shape index (κ1) is 16.8. The maximum atomic E-state index is 5.77. The average Bonchev–Trinajstić information content (AvgIpc) is 2.46. The van der Waals surface area contributed by atoms with E-state index in [2.05, 4.69) is 9.97 Å². The van der Waals surface area contributed by atoms with E-state index in [1.54, 1.807) is 6.33 Å². The standard InChI is InChI=1S/C7H12ClN3S.2ClH/c8-7-6(10-5-11-7)4-12-3-1-2-9;;/h5H,1-4,9H2,(H,10,11);2*1H. The fourth-order valence-electron chi connectivity index (χ4n) is 0.765. The maximum Gasteiger partial charge on any atom is 0.150 e. The highest BCUT2D eigenvalue weighted by Gasteiger charge is 2.01. The van der Waals surface area contributed by atoms with Crippen LogP contribution in [0.15, 0.2) is 6.33 Å². The van der Waals surface area contributed by atoms with Gasteiger partial charge in [0.1, 0.15) is 0 Å². The number of nitrogens with zero attached hydrogens (tertiary/aromatic N) is 1. The number of imidazole rings is 1. The molecule has 3 N–H and O–H groups in total. The summed E-state index contributed by atoms with van der Waals surface area (Å²) in [4.78, 5) is 6.87. The minimum Gasteiger partial charge on any atom is -0.347 e. The van der Waals surface area contributed by atoms with Gasteiger partial charge in [-0.1, -0.05) is 11.6 Å². The summed E-state index contributed by atoms with van der Waals surface area (Å²) in [5.74, 6) is 1.96. The molecule has 0 aliphatic carbocycles. The van der Waals surface area contributed by atoms with Crippen LogP contribution in [0.3, 0.4) is 0 Å². The molecule has 0 atom stereocenters. The molecule has 0 bridgehead atoms. The van der Waals surface area contributed by atoms with Crippen molar-refractivity contribution >= 4 is 48.2 Å². The SMILES string of the molecule is Cl.Cl.NCCCSCc1[nH]cnc1Cl. The van der Waals surface area contributed by atoms with Gasteiger partial charge in [0.15, 0.2) is 5.15 Å². The quantitative estimate of drug-likeness (QED) is 0.814. The van der Waals surface area contributed by atoms with Crippen LogP contribution < -0.4 is 5.73 Å². The third-order valence-corrected chi connectivity index (χ3v) is 2.80. The topological polar surface area (TPSA) is 54.7 Å². The predicted molar refractivity (Wildman–Crippen MR) is 67.9 cm³/mol. The van der Waals surface area contributed by atoms with Gasteiger partial charge in [-0.05, 0) is 18.7 Å². The van der Waals surface area contributed by atoms with Crippen molar-refractivity contribution in [2.24, 2.45) is 5.73 Å². The Balaban J connectivity index is 0. The van der Waals surface area contributed by atoms with Crippen LogP contribution in [0, 0.1) is 0 Å². The Morgan fingerprint density at radius 3 is 2.71 bits per heavy atom. The summed E-state index contributed by atoms with van der Waals surface area (Å²) < 4.78 is 0. The van der Waals surface area contributed by atoms with Crippen molar-refractivity contribution < 1.29 is 0 Å². The molecule has 0 aliphatic rings. The number of hydrogen-bond acceptors (Lipinski definition) is 3. The number of nitrogens with one attached hydrogen (secondary N) is 1. The molecule has 0 spiro atoms. The number of thioether (sulfide) groups is 1. The van der Waals surface area contributed by atoms with E-state index < -0.39 is 0 Å². The van der Waals surface area contributed by atoms with E-state index in [1.807, 2.05) is 11.8 Å². The predicted octanol–water partition coefficient (Wildman–Crippen LogP) is 2.49. The zero-order chi connectivity index (χ0) is 8.81. The van der Waals surface area contributed by atoms with Gasteiger partial charge in [-0.25, -0.2) is 4.98 Å². The van der Waals surface area contributed by atoms with Gasteiger partial charge in [0.2, 0.25) is 0 Å². The molecular weight excluding hydrogens is 265 g/mol. The Hall–Kier alpha value is 0.390. The average molecular weight is 279 g/mol. The van der Waals surface area contributed by atoms with Crippen LogP contribution in [0.2, 0.25) is 5.15 Å². The van der Waals surface area contributed by atoms with Crippen molar-refractivity contribution in [2.75, 3.05) is 12.3 Å². The molecule has 1 heterocycles. The minimum atomic E-state index is 0. The van der Waals surface area contributed by atoms with Gasteiger partial charge < -0.3 is 10.7 Å². The Kier molecular flexibility index (Phi) is 11.9. The Bertz CT molecular complexity index is 232. The van der Waals surface area contributed by atoms with Gasteiger partial charge in [-0.2, -0.15) is 11.8 Å². The number of aromatic nitrogens is 2.